The predicted octanol–water partition coefficient (Wildman–Crippen LogP) is 2.75. The summed E-state index contributed by atoms with van der Waals surface area (Å²) in [6.45, 7) is 7.00. The van der Waals surface area contributed by atoms with Crippen LogP contribution in [0, 0.1) is 0 Å². The topological polar surface area (TPSA) is 50.9 Å². The highest BCUT2D eigenvalue weighted by Gasteiger charge is 2.19. The van der Waals surface area contributed by atoms with E-state index in [0.29, 0.717) is 5.92 Å². The summed E-state index contributed by atoms with van der Waals surface area (Å²) in [5.41, 5.74) is 4.69. The monoisotopic (exact) mass is 340 g/mol. The van der Waals surface area contributed by atoms with Gasteiger partial charge in [0.05, 0.1) is 23.1 Å². The molecule has 0 aliphatic rings. The van der Waals surface area contributed by atoms with Gasteiger partial charge in [-0.2, -0.15) is 5.10 Å². The zero-order chi connectivity index (χ0) is 18.0. The van der Waals surface area contributed by atoms with Crippen LogP contribution in [0.15, 0.2) is 30.6 Å². The number of aryl methyl sites for hydroxylation is 1. The molecule has 0 saturated heterocycles. The Balaban J connectivity index is 1.68. The molecule has 2 aromatic heterocycles. The lowest BCUT2D eigenvalue weighted by Gasteiger charge is -2.16. The van der Waals surface area contributed by atoms with Gasteiger partial charge in [0.1, 0.15) is 5.82 Å². The van der Waals surface area contributed by atoms with Crippen LogP contribution in [0.4, 0.5) is 5.82 Å². The van der Waals surface area contributed by atoms with Crippen molar-refractivity contribution in [3.05, 3.63) is 41.9 Å². The highest BCUT2D eigenvalue weighted by molar-refractivity contribution is 5.74. The average Bonchev–Trinajstić information content (AvgIpc) is 3.12. The van der Waals surface area contributed by atoms with Crippen LogP contribution in [0.3, 0.4) is 0 Å². The van der Waals surface area contributed by atoms with Crippen LogP contribution in [0.1, 0.15) is 31.0 Å². The molecule has 0 amide bonds. The van der Waals surface area contributed by atoms with Gasteiger partial charge < -0.3 is 14.8 Å². The Bertz CT molecular complexity index is 843. The standard InChI is InChI=1S/C19H28N6/c1-14(2)18-15(19(23(3)4)24(5)22-18)12-20-10-11-25-13-21-16-8-6-7-9-17(16)25/h6-9,13-14,20H,10-12H2,1-5H3. The van der Waals surface area contributed by atoms with Crippen molar-refractivity contribution in [2.24, 2.45) is 7.05 Å². The summed E-state index contributed by atoms with van der Waals surface area (Å²) >= 11 is 0. The van der Waals surface area contributed by atoms with E-state index in [0.717, 1.165) is 25.2 Å². The number of hydrogen-bond acceptors (Lipinski definition) is 4. The van der Waals surface area contributed by atoms with E-state index >= 15 is 0 Å². The second-order valence-electron chi connectivity index (χ2n) is 6.96. The number of anilines is 1. The Kier molecular flexibility index (Phi) is 5.08. The van der Waals surface area contributed by atoms with Crippen molar-refractivity contribution in [3.8, 4) is 0 Å². The fraction of sp³-hybridized carbons (Fsp3) is 0.474. The van der Waals surface area contributed by atoms with Crippen LogP contribution in [0.25, 0.3) is 11.0 Å². The molecule has 0 unspecified atom stereocenters. The summed E-state index contributed by atoms with van der Waals surface area (Å²) in [5.74, 6) is 1.58. The first-order valence-electron chi connectivity index (χ1n) is 8.82. The number of hydrogen-bond donors (Lipinski definition) is 1. The highest BCUT2D eigenvalue weighted by atomic mass is 15.4. The lowest BCUT2D eigenvalue weighted by molar-refractivity contribution is 0.602. The van der Waals surface area contributed by atoms with Crippen molar-refractivity contribution < 1.29 is 0 Å². The number of aromatic nitrogens is 4. The molecule has 134 valence electrons. The lowest BCUT2D eigenvalue weighted by atomic mass is 10.1. The summed E-state index contributed by atoms with van der Waals surface area (Å²) in [7, 11) is 6.16. The highest BCUT2D eigenvalue weighted by Crippen LogP contribution is 2.27. The Labute approximate surface area is 149 Å². The summed E-state index contributed by atoms with van der Waals surface area (Å²) in [6, 6.07) is 8.25. The summed E-state index contributed by atoms with van der Waals surface area (Å²) in [5, 5.41) is 8.30. The van der Waals surface area contributed by atoms with Crippen molar-refractivity contribution in [2.75, 3.05) is 25.5 Å². The molecular weight excluding hydrogens is 312 g/mol. The van der Waals surface area contributed by atoms with E-state index in [1.807, 2.05) is 30.2 Å². The molecule has 1 N–H and O–H groups in total. The average molecular weight is 340 g/mol. The van der Waals surface area contributed by atoms with Gasteiger partial charge in [0, 0.05) is 46.3 Å². The second-order valence-corrected chi connectivity index (χ2v) is 6.96. The van der Waals surface area contributed by atoms with Crippen LogP contribution in [-0.2, 0) is 20.1 Å². The zero-order valence-electron chi connectivity index (χ0n) is 15.8. The Morgan fingerprint density at radius 3 is 2.68 bits per heavy atom. The number of benzene rings is 1. The van der Waals surface area contributed by atoms with Gasteiger partial charge in [-0.15, -0.1) is 0 Å². The molecule has 0 aliphatic carbocycles. The van der Waals surface area contributed by atoms with Gasteiger partial charge >= 0.3 is 0 Å². The second kappa shape index (κ2) is 7.27. The summed E-state index contributed by atoms with van der Waals surface area (Å²) in [4.78, 5) is 6.59. The lowest BCUT2D eigenvalue weighted by Crippen LogP contribution is -2.22. The first-order valence-corrected chi connectivity index (χ1v) is 8.82. The van der Waals surface area contributed by atoms with Crippen molar-refractivity contribution in [1.29, 1.82) is 0 Å². The van der Waals surface area contributed by atoms with Gasteiger partial charge in [-0.05, 0) is 18.1 Å². The van der Waals surface area contributed by atoms with Crippen molar-refractivity contribution >= 4 is 16.9 Å². The van der Waals surface area contributed by atoms with Crippen LogP contribution in [-0.4, -0.2) is 40.0 Å². The zero-order valence-corrected chi connectivity index (χ0v) is 15.8. The molecule has 6 nitrogen and oxygen atoms in total. The van der Waals surface area contributed by atoms with Gasteiger partial charge in [0.2, 0.25) is 0 Å². The van der Waals surface area contributed by atoms with Gasteiger partial charge in [0.25, 0.3) is 0 Å². The van der Waals surface area contributed by atoms with Crippen LogP contribution >= 0.6 is 0 Å². The van der Waals surface area contributed by atoms with Gasteiger partial charge in [-0.25, -0.2) is 4.98 Å². The molecule has 25 heavy (non-hydrogen) atoms. The third-order valence-corrected chi connectivity index (χ3v) is 4.47. The van der Waals surface area contributed by atoms with E-state index in [2.05, 4.69) is 59.8 Å². The maximum absolute atomic E-state index is 4.72. The van der Waals surface area contributed by atoms with Crippen molar-refractivity contribution in [3.63, 3.8) is 0 Å². The minimum absolute atomic E-state index is 0.411. The Hall–Kier alpha value is -2.34. The third-order valence-electron chi connectivity index (χ3n) is 4.47. The van der Waals surface area contributed by atoms with Crippen LogP contribution in [0.2, 0.25) is 0 Å². The minimum Gasteiger partial charge on any atom is -0.363 e. The fourth-order valence-electron chi connectivity index (χ4n) is 3.37. The number of nitrogens with zero attached hydrogens (tertiary/aromatic N) is 5. The van der Waals surface area contributed by atoms with Crippen molar-refractivity contribution in [1.82, 2.24) is 24.6 Å². The van der Waals surface area contributed by atoms with Crippen molar-refractivity contribution in [2.45, 2.75) is 32.9 Å². The normalized spacial score (nSPS) is 11.6. The molecule has 0 saturated carbocycles. The SMILES string of the molecule is CC(C)c1nn(C)c(N(C)C)c1CNCCn1cnc2ccccc21. The number of para-hydroxylation sites is 2. The molecular formula is C19H28N6. The predicted molar refractivity (Wildman–Crippen MR) is 103 cm³/mol. The quantitative estimate of drug-likeness (QED) is 0.672. The minimum atomic E-state index is 0.411. The van der Waals surface area contributed by atoms with E-state index in [4.69, 9.17) is 5.10 Å². The summed E-state index contributed by atoms with van der Waals surface area (Å²) < 4.78 is 4.18. The van der Waals surface area contributed by atoms with Crippen LogP contribution < -0.4 is 10.2 Å². The smallest absolute Gasteiger partial charge is 0.130 e. The Morgan fingerprint density at radius 1 is 1.20 bits per heavy atom. The fourth-order valence-corrected chi connectivity index (χ4v) is 3.37. The largest absolute Gasteiger partial charge is 0.363 e. The molecule has 0 fully saturated rings. The van der Waals surface area contributed by atoms with E-state index in [9.17, 15) is 0 Å². The first kappa shape index (κ1) is 17.5. The molecule has 1 aromatic carbocycles. The number of fused-ring (bicyclic) bond motifs is 1. The van der Waals surface area contributed by atoms with E-state index in [-0.39, 0.29) is 0 Å². The molecule has 2 heterocycles. The molecule has 3 aromatic rings. The Morgan fingerprint density at radius 2 is 1.96 bits per heavy atom. The van der Waals surface area contributed by atoms with Crippen LogP contribution in [0.5, 0.6) is 0 Å². The van der Waals surface area contributed by atoms with Gasteiger partial charge in [0.15, 0.2) is 0 Å². The molecule has 0 radical (unpaired) electrons. The maximum atomic E-state index is 4.72. The maximum Gasteiger partial charge on any atom is 0.130 e. The summed E-state index contributed by atoms with van der Waals surface area (Å²) in [6.07, 6.45) is 1.92. The number of imidazole rings is 1. The molecule has 3 rings (SSSR count). The molecule has 6 heteroatoms. The molecule has 0 atom stereocenters. The number of nitrogens with one attached hydrogen (secondary N) is 1. The van der Waals surface area contributed by atoms with E-state index in [1.165, 1.54) is 22.6 Å². The van der Waals surface area contributed by atoms with E-state index < -0.39 is 0 Å². The first-order chi connectivity index (χ1) is 12.0. The van der Waals surface area contributed by atoms with E-state index in [1.54, 1.807) is 0 Å². The third kappa shape index (κ3) is 3.54. The molecule has 0 aliphatic heterocycles. The number of rotatable bonds is 7. The van der Waals surface area contributed by atoms with Gasteiger partial charge in [-0.3, -0.25) is 4.68 Å². The molecule has 0 bridgehead atoms. The van der Waals surface area contributed by atoms with Gasteiger partial charge in [-0.1, -0.05) is 26.0 Å². The molecule has 0 spiro atoms.